The van der Waals surface area contributed by atoms with E-state index in [1.807, 2.05) is 4.57 Å². The predicted molar refractivity (Wildman–Crippen MR) is 90.9 cm³/mol. The number of hydrogen-bond donors (Lipinski definition) is 0. The molecule has 8 heteroatoms. The molecular formula is C18H22F2N4O2. The molecule has 1 saturated heterocycles. The van der Waals surface area contributed by atoms with Gasteiger partial charge in [0.05, 0.1) is 6.04 Å². The highest BCUT2D eigenvalue weighted by Gasteiger charge is 2.33. The molecule has 140 valence electrons. The lowest BCUT2D eigenvalue weighted by Gasteiger charge is -2.25. The van der Waals surface area contributed by atoms with Crippen molar-refractivity contribution >= 4 is 5.91 Å². The normalized spacial score (nSPS) is 17.3. The van der Waals surface area contributed by atoms with Crippen molar-refractivity contribution in [2.75, 3.05) is 6.54 Å². The van der Waals surface area contributed by atoms with Crippen LogP contribution in [0.25, 0.3) is 0 Å². The summed E-state index contributed by atoms with van der Waals surface area (Å²) in [5, 5.41) is 8.25. The molecule has 0 N–H and O–H groups in total. The summed E-state index contributed by atoms with van der Waals surface area (Å²) in [5.41, 5.74) is 0.438. The standard InChI is InChI=1S/C18H22F2N4O2/c1-12(2)10-23-11-21-22-16(23)15-4-3-9-24(15)17(25)13-5-7-14(8-6-13)26-18(19)20/h5-8,11-12,15,18H,3-4,9-10H2,1-2H3. The first-order valence-corrected chi connectivity index (χ1v) is 8.69. The molecule has 1 unspecified atom stereocenters. The number of rotatable bonds is 6. The first-order valence-electron chi connectivity index (χ1n) is 8.69. The van der Waals surface area contributed by atoms with Crippen LogP contribution in [0.5, 0.6) is 5.75 Å². The van der Waals surface area contributed by atoms with Crippen molar-refractivity contribution in [3.8, 4) is 5.75 Å². The minimum absolute atomic E-state index is 0.0335. The number of carbonyl (C=O) groups is 1. The van der Waals surface area contributed by atoms with Crippen molar-refractivity contribution in [2.24, 2.45) is 5.92 Å². The summed E-state index contributed by atoms with van der Waals surface area (Å²) in [5.74, 6) is 1.13. The first-order chi connectivity index (χ1) is 12.5. The Kier molecular flexibility index (Phi) is 5.49. The predicted octanol–water partition coefficient (Wildman–Crippen LogP) is 3.51. The number of likely N-dealkylation sites (tertiary alicyclic amines) is 1. The van der Waals surface area contributed by atoms with Gasteiger partial charge in [-0.25, -0.2) is 0 Å². The molecule has 0 radical (unpaired) electrons. The molecule has 1 aromatic carbocycles. The SMILES string of the molecule is CC(C)Cn1cnnc1C1CCCN1C(=O)c1ccc(OC(F)F)cc1. The molecule has 0 bridgehead atoms. The number of hydrogen-bond acceptors (Lipinski definition) is 4. The van der Waals surface area contributed by atoms with Crippen LogP contribution in [0, 0.1) is 5.92 Å². The van der Waals surface area contributed by atoms with Gasteiger partial charge in [0.1, 0.15) is 12.1 Å². The molecular weight excluding hydrogens is 342 g/mol. The van der Waals surface area contributed by atoms with Crippen molar-refractivity contribution in [3.63, 3.8) is 0 Å². The zero-order valence-electron chi connectivity index (χ0n) is 14.8. The van der Waals surface area contributed by atoms with Crippen molar-refractivity contribution in [3.05, 3.63) is 42.0 Å². The largest absolute Gasteiger partial charge is 0.435 e. The molecule has 1 aliphatic rings. The van der Waals surface area contributed by atoms with Crippen LogP contribution < -0.4 is 4.74 Å². The van der Waals surface area contributed by atoms with E-state index in [-0.39, 0.29) is 17.7 Å². The topological polar surface area (TPSA) is 60.2 Å². The Labute approximate surface area is 150 Å². The van der Waals surface area contributed by atoms with Gasteiger partial charge in [0, 0.05) is 18.7 Å². The Morgan fingerprint density at radius 1 is 1.31 bits per heavy atom. The van der Waals surface area contributed by atoms with Gasteiger partial charge in [-0.3, -0.25) is 4.79 Å². The minimum atomic E-state index is -2.88. The second kappa shape index (κ2) is 7.80. The van der Waals surface area contributed by atoms with Gasteiger partial charge < -0.3 is 14.2 Å². The highest BCUT2D eigenvalue weighted by Crippen LogP contribution is 2.32. The third-order valence-corrected chi connectivity index (χ3v) is 4.35. The van der Waals surface area contributed by atoms with Crippen LogP contribution in [0.1, 0.15) is 48.9 Å². The fourth-order valence-electron chi connectivity index (χ4n) is 3.28. The van der Waals surface area contributed by atoms with Crippen LogP contribution in [0.15, 0.2) is 30.6 Å². The summed E-state index contributed by atoms with van der Waals surface area (Å²) >= 11 is 0. The summed E-state index contributed by atoms with van der Waals surface area (Å²) < 4.78 is 30.8. The van der Waals surface area contributed by atoms with Gasteiger partial charge in [0.2, 0.25) is 0 Å². The van der Waals surface area contributed by atoms with Crippen LogP contribution in [0.4, 0.5) is 8.78 Å². The zero-order valence-corrected chi connectivity index (χ0v) is 14.8. The number of benzene rings is 1. The van der Waals surface area contributed by atoms with E-state index >= 15 is 0 Å². The van der Waals surface area contributed by atoms with Gasteiger partial charge in [-0.2, -0.15) is 8.78 Å². The molecule has 1 aliphatic heterocycles. The Morgan fingerprint density at radius 3 is 2.69 bits per heavy atom. The Hall–Kier alpha value is -2.51. The van der Waals surface area contributed by atoms with Crippen LogP contribution in [0.2, 0.25) is 0 Å². The van der Waals surface area contributed by atoms with Gasteiger partial charge in [-0.05, 0) is 43.0 Å². The second-order valence-corrected chi connectivity index (χ2v) is 6.79. The van der Waals surface area contributed by atoms with E-state index < -0.39 is 6.61 Å². The first kappa shape index (κ1) is 18.3. The average Bonchev–Trinajstić information content (AvgIpc) is 3.22. The number of carbonyl (C=O) groups excluding carboxylic acids is 1. The Balaban J connectivity index is 1.77. The maximum atomic E-state index is 12.9. The van der Waals surface area contributed by atoms with E-state index in [2.05, 4.69) is 28.8 Å². The van der Waals surface area contributed by atoms with E-state index in [1.54, 1.807) is 11.2 Å². The second-order valence-electron chi connectivity index (χ2n) is 6.79. The summed E-state index contributed by atoms with van der Waals surface area (Å²) in [4.78, 5) is 14.7. The lowest BCUT2D eigenvalue weighted by atomic mass is 10.1. The van der Waals surface area contributed by atoms with Gasteiger partial charge >= 0.3 is 6.61 Å². The third-order valence-electron chi connectivity index (χ3n) is 4.35. The van der Waals surface area contributed by atoms with E-state index in [1.165, 1.54) is 24.3 Å². The zero-order chi connectivity index (χ0) is 18.7. The minimum Gasteiger partial charge on any atom is -0.435 e. The van der Waals surface area contributed by atoms with Crippen molar-refractivity contribution < 1.29 is 18.3 Å². The van der Waals surface area contributed by atoms with Gasteiger partial charge in [0.15, 0.2) is 5.82 Å². The van der Waals surface area contributed by atoms with Crippen LogP contribution in [-0.2, 0) is 6.54 Å². The number of aromatic nitrogens is 3. The molecule has 6 nitrogen and oxygen atoms in total. The lowest BCUT2D eigenvalue weighted by Crippen LogP contribution is -2.32. The number of ether oxygens (including phenoxy) is 1. The number of alkyl halides is 2. The number of nitrogens with zero attached hydrogens (tertiary/aromatic N) is 4. The van der Waals surface area contributed by atoms with Crippen molar-refractivity contribution in [1.82, 2.24) is 19.7 Å². The molecule has 1 amide bonds. The molecule has 1 fully saturated rings. The molecule has 2 heterocycles. The highest BCUT2D eigenvalue weighted by molar-refractivity contribution is 5.94. The number of halogens is 2. The smallest absolute Gasteiger partial charge is 0.387 e. The van der Waals surface area contributed by atoms with Gasteiger partial charge in [-0.15, -0.1) is 10.2 Å². The van der Waals surface area contributed by atoms with E-state index in [4.69, 9.17) is 0 Å². The molecule has 2 aromatic rings. The molecule has 0 aliphatic carbocycles. The van der Waals surface area contributed by atoms with Gasteiger partial charge in [-0.1, -0.05) is 13.8 Å². The van der Waals surface area contributed by atoms with Crippen LogP contribution >= 0.6 is 0 Å². The Morgan fingerprint density at radius 2 is 2.04 bits per heavy atom. The van der Waals surface area contributed by atoms with E-state index in [9.17, 15) is 13.6 Å². The fraction of sp³-hybridized carbons (Fsp3) is 0.500. The molecule has 1 aromatic heterocycles. The summed E-state index contributed by atoms with van der Waals surface area (Å²) in [6.07, 6.45) is 3.42. The lowest BCUT2D eigenvalue weighted by molar-refractivity contribution is -0.0498. The molecule has 1 atom stereocenters. The molecule has 3 rings (SSSR count). The fourth-order valence-corrected chi connectivity index (χ4v) is 3.28. The quantitative estimate of drug-likeness (QED) is 0.787. The third kappa shape index (κ3) is 4.00. The average molecular weight is 364 g/mol. The van der Waals surface area contributed by atoms with E-state index in [0.29, 0.717) is 18.0 Å². The molecule has 26 heavy (non-hydrogen) atoms. The van der Waals surface area contributed by atoms with Crippen molar-refractivity contribution in [1.29, 1.82) is 0 Å². The van der Waals surface area contributed by atoms with Crippen molar-refractivity contribution in [2.45, 2.75) is 45.9 Å². The maximum absolute atomic E-state index is 12.9. The summed E-state index contributed by atoms with van der Waals surface area (Å²) in [7, 11) is 0. The monoisotopic (exact) mass is 364 g/mol. The highest BCUT2D eigenvalue weighted by atomic mass is 19.3. The van der Waals surface area contributed by atoms with Gasteiger partial charge in [0.25, 0.3) is 5.91 Å². The molecule has 0 saturated carbocycles. The van der Waals surface area contributed by atoms with E-state index in [0.717, 1.165) is 25.2 Å². The summed E-state index contributed by atoms with van der Waals surface area (Å²) in [6.45, 7) is 2.77. The maximum Gasteiger partial charge on any atom is 0.387 e. The summed E-state index contributed by atoms with van der Waals surface area (Å²) in [6, 6.07) is 5.65. The number of amides is 1. The Bertz CT molecular complexity index is 746. The van der Waals surface area contributed by atoms with Crippen LogP contribution in [0.3, 0.4) is 0 Å². The van der Waals surface area contributed by atoms with Crippen LogP contribution in [-0.4, -0.2) is 38.7 Å². The molecule has 0 spiro atoms.